The average Bonchev–Trinajstić information content (AvgIpc) is 2.79. The summed E-state index contributed by atoms with van der Waals surface area (Å²) in [5.41, 5.74) is 0. The summed E-state index contributed by atoms with van der Waals surface area (Å²) in [5, 5.41) is 11.9. The maximum absolute atomic E-state index is 11.7. The lowest BCUT2D eigenvalue weighted by molar-refractivity contribution is -0.127. The molecule has 112 valence electrons. The van der Waals surface area contributed by atoms with E-state index in [1.54, 1.807) is 13.0 Å². The Kier molecular flexibility index (Phi) is 6.51. The van der Waals surface area contributed by atoms with Gasteiger partial charge >= 0.3 is 5.97 Å². The molecule has 0 aliphatic heterocycles. The van der Waals surface area contributed by atoms with E-state index in [9.17, 15) is 9.59 Å². The SMILES string of the molecule is CCCNC(=O)C(C)Oc1cc(CCC)sc1C(=O)O. The Morgan fingerprint density at radius 1 is 1.40 bits per heavy atom. The number of carboxylic acids is 1. The maximum atomic E-state index is 11.7. The molecule has 2 N–H and O–H groups in total. The van der Waals surface area contributed by atoms with Gasteiger partial charge in [0.15, 0.2) is 11.0 Å². The Labute approximate surface area is 123 Å². The number of hydrogen-bond donors (Lipinski definition) is 2. The molecule has 1 rings (SSSR count). The number of aryl methyl sites for hydroxylation is 1. The minimum absolute atomic E-state index is 0.156. The van der Waals surface area contributed by atoms with Crippen LogP contribution in [0.4, 0.5) is 0 Å². The van der Waals surface area contributed by atoms with Crippen LogP contribution in [0.2, 0.25) is 0 Å². The van der Waals surface area contributed by atoms with Gasteiger partial charge in [-0.1, -0.05) is 20.3 Å². The fourth-order valence-corrected chi connectivity index (χ4v) is 2.69. The average molecular weight is 299 g/mol. The third-order valence-corrected chi connectivity index (χ3v) is 3.83. The highest BCUT2D eigenvalue weighted by Gasteiger charge is 2.21. The smallest absolute Gasteiger partial charge is 0.349 e. The molecule has 1 heterocycles. The summed E-state index contributed by atoms with van der Waals surface area (Å²) in [5.74, 6) is -0.968. The predicted molar refractivity (Wildman–Crippen MR) is 78.7 cm³/mol. The highest BCUT2D eigenvalue weighted by Crippen LogP contribution is 2.31. The second-order valence-electron chi connectivity index (χ2n) is 4.51. The summed E-state index contributed by atoms with van der Waals surface area (Å²) in [6.45, 7) is 6.20. The number of amides is 1. The molecule has 5 nitrogen and oxygen atoms in total. The molecular formula is C14H21NO4S. The van der Waals surface area contributed by atoms with E-state index in [1.165, 1.54) is 11.3 Å². The molecule has 0 radical (unpaired) electrons. The van der Waals surface area contributed by atoms with Gasteiger partial charge in [-0.05, 0) is 25.8 Å². The lowest BCUT2D eigenvalue weighted by Gasteiger charge is -2.13. The standard InChI is InChI=1S/C14H21NO4S/c1-4-6-10-8-11(12(20-10)14(17)18)19-9(3)13(16)15-7-5-2/h8-9H,4-7H2,1-3H3,(H,15,16)(H,17,18). The van der Waals surface area contributed by atoms with E-state index in [-0.39, 0.29) is 16.5 Å². The Hall–Kier alpha value is -1.56. The molecule has 0 aliphatic rings. The van der Waals surface area contributed by atoms with Gasteiger partial charge in [-0.3, -0.25) is 4.79 Å². The van der Waals surface area contributed by atoms with Crippen molar-refractivity contribution < 1.29 is 19.4 Å². The first-order chi connectivity index (χ1) is 9.49. The van der Waals surface area contributed by atoms with Crippen LogP contribution >= 0.6 is 11.3 Å². The van der Waals surface area contributed by atoms with Gasteiger partial charge in [-0.2, -0.15) is 0 Å². The predicted octanol–water partition coefficient (Wildman–Crippen LogP) is 2.69. The van der Waals surface area contributed by atoms with Gasteiger partial charge in [0.2, 0.25) is 0 Å². The van der Waals surface area contributed by atoms with Crippen LogP contribution in [0, 0.1) is 0 Å². The number of rotatable bonds is 8. The molecule has 0 fully saturated rings. The fourth-order valence-electron chi connectivity index (χ4n) is 1.66. The van der Waals surface area contributed by atoms with Crippen LogP contribution in [-0.2, 0) is 11.2 Å². The zero-order chi connectivity index (χ0) is 15.1. The van der Waals surface area contributed by atoms with Gasteiger partial charge in [-0.25, -0.2) is 4.79 Å². The van der Waals surface area contributed by atoms with E-state index in [0.29, 0.717) is 6.54 Å². The molecule has 0 saturated heterocycles. The quantitative estimate of drug-likeness (QED) is 0.774. The molecule has 0 aromatic carbocycles. The Morgan fingerprint density at radius 2 is 2.10 bits per heavy atom. The molecule has 0 spiro atoms. The summed E-state index contributed by atoms with van der Waals surface area (Å²) in [6.07, 6.45) is 1.89. The van der Waals surface area contributed by atoms with Crippen LogP contribution in [0.15, 0.2) is 6.07 Å². The Morgan fingerprint density at radius 3 is 2.65 bits per heavy atom. The van der Waals surface area contributed by atoms with E-state index in [1.807, 2.05) is 13.8 Å². The van der Waals surface area contributed by atoms with E-state index >= 15 is 0 Å². The summed E-state index contributed by atoms with van der Waals surface area (Å²) in [6, 6.07) is 1.72. The maximum Gasteiger partial charge on any atom is 0.349 e. The minimum atomic E-state index is -1.02. The van der Waals surface area contributed by atoms with Crippen molar-refractivity contribution >= 4 is 23.2 Å². The topological polar surface area (TPSA) is 75.6 Å². The molecule has 6 heteroatoms. The van der Waals surface area contributed by atoms with E-state index < -0.39 is 12.1 Å². The van der Waals surface area contributed by atoms with Crippen LogP contribution < -0.4 is 10.1 Å². The van der Waals surface area contributed by atoms with Crippen LogP contribution in [-0.4, -0.2) is 29.6 Å². The summed E-state index contributed by atoms with van der Waals surface area (Å²) < 4.78 is 5.51. The van der Waals surface area contributed by atoms with Crippen molar-refractivity contribution in [1.29, 1.82) is 0 Å². The third kappa shape index (κ3) is 4.52. The summed E-state index contributed by atoms with van der Waals surface area (Å²) in [7, 11) is 0. The number of carbonyl (C=O) groups excluding carboxylic acids is 1. The molecule has 1 aromatic rings. The summed E-state index contributed by atoms with van der Waals surface area (Å²) in [4.78, 5) is 24.0. The third-order valence-electron chi connectivity index (χ3n) is 2.66. The molecule has 20 heavy (non-hydrogen) atoms. The molecule has 0 bridgehead atoms. The van der Waals surface area contributed by atoms with Crippen LogP contribution in [0.5, 0.6) is 5.75 Å². The van der Waals surface area contributed by atoms with Gasteiger partial charge in [0.1, 0.15) is 5.75 Å². The zero-order valence-electron chi connectivity index (χ0n) is 12.1. The van der Waals surface area contributed by atoms with Gasteiger partial charge in [0.25, 0.3) is 5.91 Å². The van der Waals surface area contributed by atoms with Crippen LogP contribution in [0.1, 0.15) is 48.2 Å². The van der Waals surface area contributed by atoms with Gasteiger partial charge in [0, 0.05) is 11.4 Å². The first kappa shape index (κ1) is 16.5. The molecule has 1 unspecified atom stereocenters. The van der Waals surface area contributed by atoms with Crippen molar-refractivity contribution in [3.63, 3.8) is 0 Å². The van der Waals surface area contributed by atoms with Gasteiger partial charge < -0.3 is 15.2 Å². The van der Waals surface area contributed by atoms with Crippen molar-refractivity contribution in [3.05, 3.63) is 15.8 Å². The van der Waals surface area contributed by atoms with Crippen molar-refractivity contribution in [2.45, 2.75) is 46.1 Å². The van der Waals surface area contributed by atoms with E-state index in [4.69, 9.17) is 9.84 Å². The Balaban J connectivity index is 2.79. The van der Waals surface area contributed by atoms with Crippen LogP contribution in [0.25, 0.3) is 0 Å². The molecular weight excluding hydrogens is 278 g/mol. The fraction of sp³-hybridized carbons (Fsp3) is 0.571. The molecule has 1 amide bonds. The molecule has 1 atom stereocenters. The van der Waals surface area contributed by atoms with Crippen molar-refractivity contribution in [2.75, 3.05) is 6.54 Å². The number of thiophene rings is 1. The number of ether oxygens (including phenoxy) is 1. The van der Waals surface area contributed by atoms with Crippen molar-refractivity contribution in [2.24, 2.45) is 0 Å². The lowest BCUT2D eigenvalue weighted by Crippen LogP contribution is -2.36. The second kappa shape index (κ2) is 7.89. The monoisotopic (exact) mass is 299 g/mol. The van der Waals surface area contributed by atoms with E-state index in [0.717, 1.165) is 24.1 Å². The number of hydrogen-bond acceptors (Lipinski definition) is 4. The highest BCUT2D eigenvalue weighted by atomic mass is 32.1. The van der Waals surface area contributed by atoms with E-state index in [2.05, 4.69) is 5.32 Å². The normalized spacial score (nSPS) is 11.9. The number of carboxylic acid groups (broad SMARTS) is 1. The van der Waals surface area contributed by atoms with Gasteiger partial charge in [0.05, 0.1) is 0 Å². The lowest BCUT2D eigenvalue weighted by atomic mass is 10.2. The first-order valence-corrected chi connectivity index (χ1v) is 7.61. The number of nitrogens with one attached hydrogen (secondary N) is 1. The minimum Gasteiger partial charge on any atom is -0.479 e. The number of carbonyl (C=O) groups is 2. The molecule has 0 saturated carbocycles. The second-order valence-corrected chi connectivity index (χ2v) is 5.65. The van der Waals surface area contributed by atoms with Crippen molar-refractivity contribution in [3.8, 4) is 5.75 Å². The van der Waals surface area contributed by atoms with Crippen LogP contribution in [0.3, 0.4) is 0 Å². The molecule has 1 aromatic heterocycles. The first-order valence-electron chi connectivity index (χ1n) is 6.79. The van der Waals surface area contributed by atoms with Crippen molar-refractivity contribution in [1.82, 2.24) is 5.32 Å². The Bertz CT molecular complexity index is 470. The highest BCUT2D eigenvalue weighted by molar-refractivity contribution is 7.14. The number of aromatic carboxylic acids is 1. The van der Waals surface area contributed by atoms with Gasteiger partial charge in [-0.15, -0.1) is 11.3 Å². The molecule has 0 aliphatic carbocycles. The zero-order valence-corrected chi connectivity index (χ0v) is 12.9. The largest absolute Gasteiger partial charge is 0.479 e. The summed E-state index contributed by atoms with van der Waals surface area (Å²) >= 11 is 1.21.